The molecule has 0 unspecified atom stereocenters. The average Bonchev–Trinajstić information content (AvgIpc) is 3.71. The fourth-order valence-corrected chi connectivity index (χ4v) is 4.04. The monoisotopic (exact) mass is 707 g/mol. The Labute approximate surface area is 249 Å². The fourth-order valence-electron chi connectivity index (χ4n) is 4.04. The molecule has 0 saturated heterocycles. The summed E-state index contributed by atoms with van der Waals surface area (Å²) in [6, 6.07) is 25.7. The van der Waals surface area contributed by atoms with E-state index in [1.165, 1.54) is 5.56 Å². The number of phenols is 1. The molecule has 0 amide bonds. The maximum absolute atomic E-state index is 9.84. The van der Waals surface area contributed by atoms with Crippen molar-refractivity contribution < 1.29 is 25.2 Å². The standard InChI is InChI=1S/C16H14N2O.C15H14N5.Ir/c1-13-6-8-14(9-7-13)17-10-11-18(12-17)15-4-2-3-5-16(15)19;1-17-3-5-19(11-17)14-7-13(10-16)8-15(9-14)20-6-4-18(2)12-20;/h2-8,10-12,19H,1H3;3-8,11-12H,1-2H3;/q-2;-3;. The Hall–Kier alpha value is -4.38. The van der Waals surface area contributed by atoms with Crippen molar-refractivity contribution in [2.75, 3.05) is 33.7 Å². The van der Waals surface area contributed by atoms with Crippen molar-refractivity contribution in [3.05, 3.63) is 135 Å². The SMILES string of the molecule is CN1C=CN(c2[c-]c(N3C=CN(C)[CH-]3)cc(C#N)c2)[CH-]1.Cc1c[c-]c(N2C=CN(c3ccccc3O)[CH-]2)cc1.[Ir]. The molecule has 0 fully saturated rings. The fraction of sp³-hybridized carbons (Fsp3) is 0.0968. The normalized spacial score (nSPS) is 15.3. The Morgan fingerprint density at radius 2 is 1.32 bits per heavy atom. The Morgan fingerprint density at radius 1 is 0.750 bits per heavy atom. The molecule has 9 heteroatoms. The molecular weight excluding hydrogens is 679 g/mol. The van der Waals surface area contributed by atoms with Gasteiger partial charge in [-0.15, -0.1) is 48.0 Å². The van der Waals surface area contributed by atoms with Crippen LogP contribution in [0.15, 0.2) is 91.8 Å². The molecule has 0 atom stereocenters. The molecule has 0 aromatic heterocycles. The van der Waals surface area contributed by atoms with Gasteiger partial charge in [0.1, 0.15) is 5.75 Å². The van der Waals surface area contributed by atoms with Gasteiger partial charge in [0.15, 0.2) is 0 Å². The number of phenolic OH excluding ortho intramolecular Hbond substituents is 1. The molecule has 1 radical (unpaired) electrons. The third kappa shape index (κ3) is 6.60. The van der Waals surface area contributed by atoms with Crippen LogP contribution in [0, 0.1) is 50.4 Å². The quantitative estimate of drug-likeness (QED) is 0.360. The van der Waals surface area contributed by atoms with Gasteiger partial charge in [0.05, 0.1) is 11.8 Å². The maximum atomic E-state index is 9.84. The predicted molar refractivity (Wildman–Crippen MR) is 154 cm³/mol. The van der Waals surface area contributed by atoms with Crippen LogP contribution < -0.4 is 19.6 Å². The number of para-hydroxylation sites is 2. The average molecular weight is 707 g/mol. The first-order valence-electron chi connectivity index (χ1n) is 12.3. The Morgan fingerprint density at radius 3 is 1.85 bits per heavy atom. The summed E-state index contributed by atoms with van der Waals surface area (Å²) in [5, 5.41) is 19.0. The summed E-state index contributed by atoms with van der Waals surface area (Å²) in [7, 11) is 3.91. The van der Waals surface area contributed by atoms with E-state index in [1.54, 1.807) is 6.07 Å². The molecule has 207 valence electrons. The molecule has 3 aromatic carbocycles. The van der Waals surface area contributed by atoms with Gasteiger partial charge in [0, 0.05) is 20.1 Å². The van der Waals surface area contributed by atoms with Crippen molar-refractivity contribution in [1.82, 2.24) is 9.80 Å². The first kappa shape index (κ1) is 28.6. The summed E-state index contributed by atoms with van der Waals surface area (Å²) in [4.78, 5) is 11.6. The molecule has 40 heavy (non-hydrogen) atoms. The number of hydrogen-bond donors (Lipinski definition) is 1. The molecule has 0 aliphatic carbocycles. The van der Waals surface area contributed by atoms with Gasteiger partial charge in [0.2, 0.25) is 0 Å². The molecule has 8 nitrogen and oxygen atoms in total. The molecular formula is C31H28IrN7O-5. The van der Waals surface area contributed by atoms with Crippen LogP contribution in [0.25, 0.3) is 0 Å². The topological polar surface area (TPSA) is 63.5 Å². The van der Waals surface area contributed by atoms with E-state index in [4.69, 9.17) is 0 Å². The van der Waals surface area contributed by atoms with Gasteiger partial charge < -0.3 is 34.5 Å². The summed E-state index contributed by atoms with van der Waals surface area (Å²) in [5.41, 5.74) is 5.21. The zero-order chi connectivity index (χ0) is 27.4. The van der Waals surface area contributed by atoms with Crippen molar-refractivity contribution in [1.29, 1.82) is 5.26 Å². The summed E-state index contributed by atoms with van der Waals surface area (Å²) >= 11 is 0. The number of anilines is 4. The number of rotatable bonds is 4. The Bertz CT molecular complexity index is 1400. The summed E-state index contributed by atoms with van der Waals surface area (Å²) in [6.07, 6.45) is 11.6. The molecule has 1 N–H and O–H groups in total. The van der Waals surface area contributed by atoms with E-state index in [-0.39, 0.29) is 25.9 Å². The molecule has 3 aliphatic heterocycles. The van der Waals surface area contributed by atoms with Gasteiger partial charge in [-0.2, -0.15) is 42.4 Å². The van der Waals surface area contributed by atoms with E-state index < -0.39 is 0 Å². The number of hydrogen-bond acceptors (Lipinski definition) is 8. The number of nitriles is 1. The van der Waals surface area contributed by atoms with Crippen LogP contribution in [0.2, 0.25) is 0 Å². The van der Waals surface area contributed by atoms with Crippen LogP contribution in [0.5, 0.6) is 5.75 Å². The molecule has 3 aromatic rings. The van der Waals surface area contributed by atoms with E-state index in [9.17, 15) is 10.4 Å². The second-order valence-electron chi connectivity index (χ2n) is 9.19. The van der Waals surface area contributed by atoms with Gasteiger partial charge in [-0.1, -0.05) is 24.6 Å². The molecule has 0 bridgehead atoms. The zero-order valence-corrected chi connectivity index (χ0v) is 24.7. The summed E-state index contributed by atoms with van der Waals surface area (Å²) in [6.45, 7) is 7.83. The van der Waals surface area contributed by atoms with Crippen LogP contribution in [0.3, 0.4) is 0 Å². The van der Waals surface area contributed by atoms with Crippen molar-refractivity contribution in [3.8, 4) is 11.8 Å². The minimum Gasteiger partial charge on any atom is -0.510 e. The first-order valence-corrected chi connectivity index (χ1v) is 12.3. The van der Waals surface area contributed by atoms with Crippen LogP contribution in [-0.2, 0) is 20.1 Å². The smallest absolute Gasteiger partial charge is 0.136 e. The van der Waals surface area contributed by atoms with Crippen molar-refractivity contribution >= 4 is 22.7 Å². The van der Waals surface area contributed by atoms with E-state index in [2.05, 4.69) is 24.3 Å². The van der Waals surface area contributed by atoms with Crippen molar-refractivity contribution in [3.63, 3.8) is 0 Å². The van der Waals surface area contributed by atoms with E-state index >= 15 is 0 Å². The first-order chi connectivity index (χ1) is 18.9. The van der Waals surface area contributed by atoms with Gasteiger partial charge in [-0.05, 0) is 63.4 Å². The van der Waals surface area contributed by atoms with Gasteiger partial charge in [-0.3, -0.25) is 0 Å². The molecule has 3 aliphatic rings. The molecule has 6 rings (SSSR count). The van der Waals surface area contributed by atoms with E-state index in [0.29, 0.717) is 5.56 Å². The van der Waals surface area contributed by atoms with E-state index in [1.807, 2.05) is 150 Å². The number of nitrogens with zero attached hydrogens (tertiary/aromatic N) is 7. The zero-order valence-electron chi connectivity index (χ0n) is 22.3. The van der Waals surface area contributed by atoms with Gasteiger partial charge in [0.25, 0.3) is 0 Å². The Kier molecular flexibility index (Phi) is 9.05. The summed E-state index contributed by atoms with van der Waals surface area (Å²) in [5.74, 6) is 0.262. The minimum absolute atomic E-state index is 0. The van der Waals surface area contributed by atoms with Crippen molar-refractivity contribution in [2.24, 2.45) is 0 Å². The minimum atomic E-state index is 0. The molecule has 0 spiro atoms. The van der Waals surface area contributed by atoms with Crippen molar-refractivity contribution in [2.45, 2.75) is 6.92 Å². The number of benzene rings is 3. The Balaban J connectivity index is 0.000000181. The van der Waals surface area contributed by atoms with Crippen LogP contribution in [0.4, 0.5) is 22.7 Å². The second kappa shape index (κ2) is 12.6. The number of aromatic hydroxyl groups is 1. The van der Waals surface area contributed by atoms with E-state index in [0.717, 1.165) is 22.7 Å². The van der Waals surface area contributed by atoms with Crippen LogP contribution >= 0.6 is 0 Å². The molecule has 3 heterocycles. The van der Waals surface area contributed by atoms with Crippen LogP contribution in [-0.4, -0.2) is 29.0 Å². The number of aryl methyl sites for hydroxylation is 1. The predicted octanol–water partition coefficient (Wildman–Crippen LogP) is 5.46. The van der Waals surface area contributed by atoms with Gasteiger partial charge in [-0.25, -0.2) is 0 Å². The van der Waals surface area contributed by atoms with Crippen LogP contribution in [0.1, 0.15) is 11.1 Å². The molecule has 0 saturated carbocycles. The second-order valence-corrected chi connectivity index (χ2v) is 9.19. The third-order valence-electron chi connectivity index (χ3n) is 6.09. The maximum Gasteiger partial charge on any atom is 0.136 e. The largest absolute Gasteiger partial charge is 0.510 e. The van der Waals surface area contributed by atoms with Gasteiger partial charge >= 0.3 is 0 Å². The summed E-state index contributed by atoms with van der Waals surface area (Å²) < 4.78 is 0. The third-order valence-corrected chi connectivity index (χ3v) is 6.09.